The van der Waals surface area contributed by atoms with Gasteiger partial charge in [-0.3, -0.25) is 4.79 Å². The lowest BCUT2D eigenvalue weighted by Gasteiger charge is -2.22. The summed E-state index contributed by atoms with van der Waals surface area (Å²) in [5.41, 5.74) is 2.14. The molecule has 0 aliphatic heterocycles. The first-order chi connectivity index (χ1) is 11.1. The minimum Gasteiger partial charge on any atom is -0.376 e. The van der Waals surface area contributed by atoms with Crippen LogP contribution in [-0.2, 0) is 11.3 Å². The van der Waals surface area contributed by atoms with E-state index in [4.69, 9.17) is 4.74 Å². The number of ether oxygens (including phenoxy) is 1. The van der Waals surface area contributed by atoms with Gasteiger partial charge in [-0.1, -0.05) is 19.3 Å². The van der Waals surface area contributed by atoms with Crippen LogP contribution in [0.1, 0.15) is 48.9 Å². The summed E-state index contributed by atoms with van der Waals surface area (Å²) < 4.78 is 5.75. The molecule has 1 aliphatic rings. The summed E-state index contributed by atoms with van der Waals surface area (Å²) in [7, 11) is 0. The van der Waals surface area contributed by atoms with Gasteiger partial charge in [0.05, 0.1) is 19.3 Å². The number of urea groups is 1. The molecular weight excluding hydrogens is 294 g/mol. The summed E-state index contributed by atoms with van der Waals surface area (Å²) in [6.45, 7) is 4.93. The Kier molecular flexibility index (Phi) is 6.65. The Morgan fingerprint density at radius 2 is 2.00 bits per heavy atom. The molecule has 0 bridgehead atoms. The number of amides is 2. The topological polar surface area (TPSA) is 83.2 Å². The second-order valence-electron chi connectivity index (χ2n) is 6.18. The summed E-state index contributed by atoms with van der Waals surface area (Å²) in [6, 6.07) is 1.62. The van der Waals surface area contributed by atoms with Crippen molar-refractivity contribution in [3.63, 3.8) is 0 Å². The van der Waals surface area contributed by atoms with E-state index >= 15 is 0 Å². The number of aromatic nitrogens is 1. The minimum atomic E-state index is -0.281. The molecule has 0 radical (unpaired) electrons. The van der Waals surface area contributed by atoms with Crippen molar-refractivity contribution in [1.29, 1.82) is 0 Å². The number of hydrogen-bond acceptors (Lipinski definition) is 3. The quantitative estimate of drug-likeness (QED) is 0.702. The predicted octanol–water partition coefficient (Wildman–Crippen LogP) is 2.14. The van der Waals surface area contributed by atoms with Crippen molar-refractivity contribution in [2.45, 2.75) is 58.6 Å². The molecule has 0 spiro atoms. The number of hydrogen-bond donors (Lipinski definition) is 3. The smallest absolute Gasteiger partial charge is 0.315 e. The second-order valence-corrected chi connectivity index (χ2v) is 6.18. The molecule has 128 valence electrons. The lowest BCUT2D eigenvalue weighted by molar-refractivity contribution is 0.0311. The zero-order chi connectivity index (χ0) is 16.7. The van der Waals surface area contributed by atoms with Crippen LogP contribution in [0.25, 0.3) is 0 Å². The third kappa shape index (κ3) is 5.71. The van der Waals surface area contributed by atoms with E-state index in [1.54, 1.807) is 0 Å². The zero-order valence-electron chi connectivity index (χ0n) is 14.0. The van der Waals surface area contributed by atoms with Gasteiger partial charge in [0.15, 0.2) is 0 Å². The number of carbonyl (C=O) groups excluding carboxylic acids is 1. The molecule has 0 atom stereocenters. The number of pyridine rings is 1. The average molecular weight is 321 g/mol. The van der Waals surface area contributed by atoms with Crippen molar-refractivity contribution in [2.24, 2.45) is 0 Å². The van der Waals surface area contributed by atoms with Gasteiger partial charge in [-0.2, -0.15) is 0 Å². The van der Waals surface area contributed by atoms with E-state index < -0.39 is 0 Å². The first-order valence-electron chi connectivity index (χ1n) is 8.39. The molecule has 0 aromatic carbocycles. The first-order valence-corrected chi connectivity index (χ1v) is 8.39. The molecule has 1 aliphatic carbocycles. The number of carbonyl (C=O) groups is 1. The molecule has 23 heavy (non-hydrogen) atoms. The molecule has 1 aromatic heterocycles. The van der Waals surface area contributed by atoms with Crippen LogP contribution in [0.5, 0.6) is 0 Å². The molecule has 1 fully saturated rings. The van der Waals surface area contributed by atoms with Crippen LogP contribution >= 0.6 is 0 Å². The third-order valence-electron chi connectivity index (χ3n) is 4.21. The monoisotopic (exact) mass is 321 g/mol. The van der Waals surface area contributed by atoms with E-state index in [2.05, 4.69) is 15.6 Å². The zero-order valence-corrected chi connectivity index (χ0v) is 14.0. The fourth-order valence-electron chi connectivity index (χ4n) is 2.95. The number of nitrogens with one attached hydrogen (secondary N) is 3. The largest absolute Gasteiger partial charge is 0.376 e. The molecule has 1 saturated carbocycles. The fraction of sp³-hybridized carbons (Fsp3) is 0.647. The summed E-state index contributed by atoms with van der Waals surface area (Å²) in [5, 5.41) is 5.47. The third-order valence-corrected chi connectivity index (χ3v) is 4.21. The highest BCUT2D eigenvalue weighted by atomic mass is 16.5. The minimum absolute atomic E-state index is 0.150. The van der Waals surface area contributed by atoms with Gasteiger partial charge in [0.25, 0.3) is 5.56 Å². The molecular formula is C17H27N3O3. The maximum atomic E-state index is 11.9. The summed E-state index contributed by atoms with van der Waals surface area (Å²) in [4.78, 5) is 26.4. The Balaban J connectivity index is 1.66. The lowest BCUT2D eigenvalue weighted by Crippen LogP contribution is -2.38. The highest BCUT2D eigenvalue weighted by Gasteiger charge is 2.13. The van der Waals surface area contributed by atoms with Gasteiger partial charge < -0.3 is 20.4 Å². The highest BCUT2D eigenvalue weighted by molar-refractivity contribution is 5.73. The van der Waals surface area contributed by atoms with Crippen molar-refractivity contribution in [1.82, 2.24) is 15.6 Å². The number of aryl methyl sites for hydroxylation is 2. The molecule has 6 heteroatoms. The van der Waals surface area contributed by atoms with Gasteiger partial charge in [0.1, 0.15) is 0 Å². The number of H-pyrrole nitrogens is 1. The maximum absolute atomic E-state index is 11.9. The van der Waals surface area contributed by atoms with Crippen LogP contribution in [0.15, 0.2) is 10.9 Å². The van der Waals surface area contributed by atoms with Crippen molar-refractivity contribution >= 4 is 6.03 Å². The van der Waals surface area contributed by atoms with Crippen molar-refractivity contribution < 1.29 is 9.53 Å². The normalized spacial score (nSPS) is 15.4. The number of aromatic amines is 1. The van der Waals surface area contributed by atoms with Crippen LogP contribution in [-0.4, -0.2) is 30.3 Å². The Hall–Kier alpha value is -1.82. The second kappa shape index (κ2) is 8.72. The van der Waals surface area contributed by atoms with E-state index in [9.17, 15) is 9.59 Å². The van der Waals surface area contributed by atoms with Crippen LogP contribution in [0, 0.1) is 13.8 Å². The van der Waals surface area contributed by atoms with E-state index in [1.807, 2.05) is 19.9 Å². The predicted molar refractivity (Wildman–Crippen MR) is 89.6 cm³/mol. The molecule has 0 saturated heterocycles. The van der Waals surface area contributed by atoms with Crippen LogP contribution in [0.3, 0.4) is 0 Å². The van der Waals surface area contributed by atoms with Crippen LogP contribution in [0.4, 0.5) is 4.79 Å². The highest BCUT2D eigenvalue weighted by Crippen LogP contribution is 2.19. The van der Waals surface area contributed by atoms with Crippen molar-refractivity contribution in [3.05, 3.63) is 33.2 Å². The van der Waals surface area contributed by atoms with Gasteiger partial charge in [0, 0.05) is 17.8 Å². The summed E-state index contributed by atoms with van der Waals surface area (Å²) in [5.74, 6) is 0. The molecule has 2 rings (SSSR count). The Labute approximate surface area is 137 Å². The van der Waals surface area contributed by atoms with Crippen molar-refractivity contribution in [3.8, 4) is 0 Å². The number of rotatable bonds is 6. The van der Waals surface area contributed by atoms with E-state index in [1.165, 1.54) is 19.3 Å². The lowest BCUT2D eigenvalue weighted by atomic mass is 9.98. The maximum Gasteiger partial charge on any atom is 0.315 e. The average Bonchev–Trinajstić information content (AvgIpc) is 2.51. The first kappa shape index (κ1) is 17.5. The standard InChI is InChI=1S/C17H27N3O3/c1-12-10-13(2)20-16(21)15(12)11-19-17(22)18-8-9-23-14-6-4-3-5-7-14/h10,14H,3-9,11H2,1-2H3,(H,20,21)(H2,18,19,22). The molecule has 3 N–H and O–H groups in total. The van der Waals surface area contributed by atoms with Crippen LogP contribution in [0.2, 0.25) is 0 Å². The van der Waals surface area contributed by atoms with Crippen molar-refractivity contribution in [2.75, 3.05) is 13.2 Å². The van der Waals surface area contributed by atoms with Gasteiger partial charge in [-0.15, -0.1) is 0 Å². The van der Waals surface area contributed by atoms with Gasteiger partial charge in [0.2, 0.25) is 0 Å². The fourth-order valence-corrected chi connectivity index (χ4v) is 2.95. The Morgan fingerprint density at radius 1 is 1.26 bits per heavy atom. The summed E-state index contributed by atoms with van der Waals surface area (Å²) in [6.07, 6.45) is 6.38. The SMILES string of the molecule is Cc1cc(C)c(CNC(=O)NCCOC2CCCCC2)c(=O)[nH]1. The molecule has 0 unspecified atom stereocenters. The molecule has 1 heterocycles. The van der Waals surface area contributed by atoms with E-state index in [0.29, 0.717) is 24.8 Å². The molecule has 1 aromatic rings. The van der Waals surface area contributed by atoms with E-state index in [-0.39, 0.29) is 18.1 Å². The van der Waals surface area contributed by atoms with Gasteiger partial charge in [-0.25, -0.2) is 4.79 Å². The molecule has 2 amide bonds. The van der Waals surface area contributed by atoms with Crippen LogP contribution < -0.4 is 16.2 Å². The van der Waals surface area contributed by atoms with Gasteiger partial charge in [-0.05, 0) is 38.3 Å². The Morgan fingerprint density at radius 3 is 2.70 bits per heavy atom. The van der Waals surface area contributed by atoms with Gasteiger partial charge >= 0.3 is 6.03 Å². The summed E-state index contributed by atoms with van der Waals surface area (Å²) >= 11 is 0. The van der Waals surface area contributed by atoms with E-state index in [0.717, 1.165) is 24.1 Å². The molecule has 6 nitrogen and oxygen atoms in total. The Bertz CT molecular complexity index is 577.